The van der Waals surface area contributed by atoms with Gasteiger partial charge in [-0.2, -0.15) is 0 Å². The summed E-state index contributed by atoms with van der Waals surface area (Å²) in [5.74, 6) is 0.815. The first-order chi connectivity index (χ1) is 11.1. The minimum atomic E-state index is 0.185. The summed E-state index contributed by atoms with van der Waals surface area (Å²) in [5.41, 5.74) is 2.08. The second kappa shape index (κ2) is 6.95. The maximum absolute atomic E-state index is 6.27. The summed E-state index contributed by atoms with van der Waals surface area (Å²) in [7, 11) is 1.96. The van der Waals surface area contributed by atoms with Crippen LogP contribution in [0.4, 0.5) is 0 Å². The summed E-state index contributed by atoms with van der Waals surface area (Å²) >= 11 is 13.8. The summed E-state index contributed by atoms with van der Waals surface area (Å²) in [6.07, 6.45) is 0. The highest BCUT2D eigenvalue weighted by atomic mass is 35.5. The van der Waals surface area contributed by atoms with Crippen LogP contribution < -0.4 is 0 Å². The lowest BCUT2D eigenvalue weighted by Gasteiger charge is -2.12. The Kier molecular flexibility index (Phi) is 4.95. The normalized spacial score (nSPS) is 12.3. The van der Waals surface area contributed by atoms with Crippen LogP contribution in [0.15, 0.2) is 53.7 Å². The van der Waals surface area contributed by atoms with E-state index in [0.717, 1.165) is 27.1 Å². The Labute approximate surface area is 149 Å². The average Bonchev–Trinajstić information content (AvgIpc) is 2.89. The summed E-state index contributed by atoms with van der Waals surface area (Å²) in [6.45, 7) is 2.11. The van der Waals surface area contributed by atoms with Gasteiger partial charge in [-0.25, -0.2) is 0 Å². The number of aromatic nitrogens is 3. The molecule has 0 N–H and O–H groups in total. The average molecular weight is 364 g/mol. The molecule has 6 heteroatoms. The van der Waals surface area contributed by atoms with Crippen LogP contribution >= 0.6 is 35.0 Å². The maximum atomic E-state index is 6.27. The van der Waals surface area contributed by atoms with E-state index in [-0.39, 0.29) is 5.25 Å². The van der Waals surface area contributed by atoms with Crippen molar-refractivity contribution in [2.24, 2.45) is 7.05 Å². The molecule has 1 atom stereocenters. The fraction of sp³-hybridized carbons (Fsp3) is 0.176. The third-order valence-electron chi connectivity index (χ3n) is 3.56. The Morgan fingerprint density at radius 3 is 2.39 bits per heavy atom. The predicted octanol–water partition coefficient (Wildman–Crippen LogP) is 5.64. The molecule has 3 nitrogen and oxygen atoms in total. The van der Waals surface area contributed by atoms with E-state index in [1.54, 1.807) is 11.8 Å². The maximum Gasteiger partial charge on any atom is 0.191 e. The molecule has 3 rings (SSSR count). The highest BCUT2D eigenvalue weighted by Crippen LogP contribution is 2.37. The van der Waals surface area contributed by atoms with E-state index in [9.17, 15) is 0 Å². The quantitative estimate of drug-likeness (QED) is 0.561. The number of thioether (sulfide) groups is 1. The molecular formula is C17H15Cl2N3S. The van der Waals surface area contributed by atoms with Crippen molar-refractivity contribution in [1.29, 1.82) is 0 Å². The lowest BCUT2D eigenvalue weighted by Crippen LogP contribution is -1.97. The van der Waals surface area contributed by atoms with Gasteiger partial charge in [-0.15, -0.1) is 10.2 Å². The first-order valence-electron chi connectivity index (χ1n) is 7.12. The van der Waals surface area contributed by atoms with E-state index in [2.05, 4.69) is 17.1 Å². The van der Waals surface area contributed by atoms with Gasteiger partial charge in [0.05, 0.1) is 0 Å². The third kappa shape index (κ3) is 3.55. The van der Waals surface area contributed by atoms with Crippen molar-refractivity contribution in [3.05, 3.63) is 64.1 Å². The molecule has 0 fully saturated rings. The van der Waals surface area contributed by atoms with Gasteiger partial charge >= 0.3 is 0 Å². The zero-order valence-electron chi connectivity index (χ0n) is 12.7. The minimum Gasteiger partial charge on any atom is -0.305 e. The number of halogens is 2. The zero-order chi connectivity index (χ0) is 16.4. The topological polar surface area (TPSA) is 30.7 Å². The van der Waals surface area contributed by atoms with E-state index >= 15 is 0 Å². The minimum absolute atomic E-state index is 0.185. The number of hydrogen-bond acceptors (Lipinski definition) is 3. The highest BCUT2D eigenvalue weighted by molar-refractivity contribution is 7.99. The van der Waals surface area contributed by atoms with Crippen LogP contribution in [0.3, 0.4) is 0 Å². The first-order valence-corrected chi connectivity index (χ1v) is 8.76. The van der Waals surface area contributed by atoms with Crippen LogP contribution in [-0.2, 0) is 7.05 Å². The molecule has 0 saturated carbocycles. The summed E-state index contributed by atoms with van der Waals surface area (Å²) in [4.78, 5) is 0. The number of hydrogen-bond donors (Lipinski definition) is 0. The second-order valence-corrected chi connectivity index (χ2v) is 7.31. The SMILES string of the molecule is C[C@@H](Sc1nnc(-c2ccc(Cl)cc2)n1C)c1ccccc1Cl. The van der Waals surface area contributed by atoms with Crippen LogP contribution in [0.2, 0.25) is 10.0 Å². The van der Waals surface area contributed by atoms with Crippen LogP contribution in [-0.4, -0.2) is 14.8 Å². The fourth-order valence-corrected chi connectivity index (χ4v) is 3.77. The Morgan fingerprint density at radius 1 is 1.00 bits per heavy atom. The number of nitrogens with zero attached hydrogens (tertiary/aromatic N) is 3. The van der Waals surface area contributed by atoms with Crippen molar-refractivity contribution in [2.75, 3.05) is 0 Å². The van der Waals surface area contributed by atoms with E-state index in [1.807, 2.05) is 60.1 Å². The summed E-state index contributed by atoms with van der Waals surface area (Å²) in [6, 6.07) is 15.5. The fourth-order valence-electron chi connectivity index (χ4n) is 2.29. The van der Waals surface area contributed by atoms with E-state index < -0.39 is 0 Å². The van der Waals surface area contributed by atoms with Gasteiger partial charge in [-0.1, -0.05) is 53.2 Å². The van der Waals surface area contributed by atoms with Crippen molar-refractivity contribution in [2.45, 2.75) is 17.3 Å². The molecule has 0 aliphatic heterocycles. The van der Waals surface area contributed by atoms with Crippen molar-refractivity contribution in [3.63, 3.8) is 0 Å². The Morgan fingerprint density at radius 2 is 1.70 bits per heavy atom. The molecule has 0 saturated heterocycles. The predicted molar refractivity (Wildman–Crippen MR) is 97.2 cm³/mol. The van der Waals surface area contributed by atoms with Gasteiger partial charge in [-0.3, -0.25) is 0 Å². The third-order valence-corrected chi connectivity index (χ3v) is 5.33. The lowest BCUT2D eigenvalue weighted by molar-refractivity contribution is 0.790. The lowest BCUT2D eigenvalue weighted by atomic mass is 10.2. The molecule has 0 spiro atoms. The molecule has 0 bridgehead atoms. The Hall–Kier alpha value is -1.49. The van der Waals surface area contributed by atoms with Crippen LogP contribution in [0.1, 0.15) is 17.7 Å². The Balaban J connectivity index is 1.85. The molecule has 118 valence electrons. The molecule has 0 radical (unpaired) electrons. The standard InChI is InChI=1S/C17H15Cl2N3S/c1-11(14-5-3-4-6-15(14)19)23-17-21-20-16(22(17)2)12-7-9-13(18)10-8-12/h3-11H,1-2H3/t11-/m1/s1. The largest absolute Gasteiger partial charge is 0.305 e. The smallest absolute Gasteiger partial charge is 0.191 e. The van der Waals surface area contributed by atoms with Gasteiger partial charge < -0.3 is 4.57 Å². The highest BCUT2D eigenvalue weighted by Gasteiger charge is 2.16. The van der Waals surface area contributed by atoms with Crippen LogP contribution in [0, 0.1) is 0 Å². The van der Waals surface area contributed by atoms with Crippen molar-refractivity contribution >= 4 is 35.0 Å². The molecule has 23 heavy (non-hydrogen) atoms. The van der Waals surface area contributed by atoms with Gasteiger partial charge in [0.25, 0.3) is 0 Å². The van der Waals surface area contributed by atoms with Crippen molar-refractivity contribution in [1.82, 2.24) is 14.8 Å². The van der Waals surface area contributed by atoms with Crippen LogP contribution in [0.25, 0.3) is 11.4 Å². The zero-order valence-corrected chi connectivity index (χ0v) is 15.0. The van der Waals surface area contributed by atoms with Gasteiger partial charge in [-0.05, 0) is 42.8 Å². The molecule has 1 heterocycles. The second-order valence-electron chi connectivity index (χ2n) is 5.15. The Bertz CT molecular complexity index is 815. The first kappa shape index (κ1) is 16.4. The summed E-state index contributed by atoms with van der Waals surface area (Å²) < 4.78 is 1.99. The van der Waals surface area contributed by atoms with Crippen molar-refractivity contribution in [3.8, 4) is 11.4 Å². The van der Waals surface area contributed by atoms with Gasteiger partial charge in [0.1, 0.15) is 0 Å². The molecule has 1 aromatic heterocycles. The molecular weight excluding hydrogens is 349 g/mol. The van der Waals surface area contributed by atoms with Crippen molar-refractivity contribution < 1.29 is 0 Å². The number of benzene rings is 2. The molecule has 0 aliphatic carbocycles. The monoisotopic (exact) mass is 363 g/mol. The van der Waals surface area contributed by atoms with E-state index in [0.29, 0.717) is 5.02 Å². The molecule has 2 aromatic carbocycles. The van der Waals surface area contributed by atoms with E-state index in [1.165, 1.54) is 0 Å². The molecule has 0 amide bonds. The van der Waals surface area contributed by atoms with Gasteiger partial charge in [0, 0.05) is 27.9 Å². The molecule has 0 unspecified atom stereocenters. The summed E-state index contributed by atoms with van der Waals surface area (Å²) in [5, 5.41) is 11.1. The van der Waals surface area contributed by atoms with Gasteiger partial charge in [0.2, 0.25) is 0 Å². The molecule has 3 aromatic rings. The van der Waals surface area contributed by atoms with E-state index in [4.69, 9.17) is 23.2 Å². The number of rotatable bonds is 4. The molecule has 0 aliphatic rings. The van der Waals surface area contributed by atoms with Gasteiger partial charge in [0.15, 0.2) is 11.0 Å². The van der Waals surface area contributed by atoms with Crippen LogP contribution in [0.5, 0.6) is 0 Å².